The van der Waals surface area contributed by atoms with Crippen LogP contribution in [0.1, 0.15) is 26.7 Å². The van der Waals surface area contributed by atoms with E-state index < -0.39 is 0 Å². The smallest absolute Gasteiger partial charge is 0.220 e. The number of hydrogen-bond acceptors (Lipinski definition) is 3. The molecule has 0 bridgehead atoms. The highest BCUT2D eigenvalue weighted by Gasteiger charge is 2.20. The quantitative estimate of drug-likeness (QED) is 0.747. The van der Waals surface area contributed by atoms with Crippen LogP contribution in [0.3, 0.4) is 0 Å². The molecule has 15 heavy (non-hydrogen) atoms. The van der Waals surface area contributed by atoms with Crippen molar-refractivity contribution in [3.05, 3.63) is 0 Å². The summed E-state index contributed by atoms with van der Waals surface area (Å²) in [5.41, 5.74) is 0. The zero-order valence-corrected chi connectivity index (χ0v) is 10.7. The lowest BCUT2D eigenvalue weighted by Crippen LogP contribution is -2.36. The molecule has 0 aliphatic carbocycles. The topological polar surface area (TPSA) is 41.1 Å². The van der Waals surface area contributed by atoms with Crippen LogP contribution < -0.4 is 10.6 Å². The van der Waals surface area contributed by atoms with Crippen LogP contribution in [0.4, 0.5) is 0 Å². The van der Waals surface area contributed by atoms with Crippen LogP contribution in [0.25, 0.3) is 0 Å². The fraction of sp³-hybridized carbons (Fsp3) is 0.909. The summed E-state index contributed by atoms with van der Waals surface area (Å²) in [7, 11) is 0. The molecule has 1 saturated heterocycles. The van der Waals surface area contributed by atoms with E-state index in [-0.39, 0.29) is 10.7 Å². The molecule has 4 heteroatoms. The van der Waals surface area contributed by atoms with Gasteiger partial charge in [-0.05, 0) is 45.5 Å². The van der Waals surface area contributed by atoms with E-state index in [9.17, 15) is 4.79 Å². The molecule has 1 fully saturated rings. The first-order chi connectivity index (χ1) is 7.03. The summed E-state index contributed by atoms with van der Waals surface area (Å²) in [5, 5.41) is 6.29. The summed E-state index contributed by atoms with van der Waals surface area (Å²) < 4.78 is 0.142. The number of hydrogen-bond donors (Lipinski definition) is 2. The summed E-state index contributed by atoms with van der Waals surface area (Å²) in [6.45, 7) is 7.12. The molecule has 88 valence electrons. The molecule has 1 heterocycles. The van der Waals surface area contributed by atoms with E-state index in [1.165, 1.54) is 0 Å². The molecule has 2 N–H and O–H groups in total. The summed E-state index contributed by atoms with van der Waals surface area (Å²) in [6, 6.07) is 0. The molecule has 0 spiro atoms. The summed E-state index contributed by atoms with van der Waals surface area (Å²) >= 11 is 1.78. The second-order valence-electron chi connectivity index (χ2n) is 4.80. The van der Waals surface area contributed by atoms with E-state index >= 15 is 0 Å². The first-order valence-electron chi connectivity index (χ1n) is 5.56. The monoisotopic (exact) mass is 230 g/mol. The Bertz CT molecular complexity index is 213. The van der Waals surface area contributed by atoms with Crippen molar-refractivity contribution < 1.29 is 4.79 Å². The maximum absolute atomic E-state index is 11.6. The average molecular weight is 230 g/mol. The lowest BCUT2D eigenvalue weighted by molar-refractivity contribution is -0.121. The van der Waals surface area contributed by atoms with Gasteiger partial charge in [-0.2, -0.15) is 11.8 Å². The van der Waals surface area contributed by atoms with Gasteiger partial charge >= 0.3 is 0 Å². The highest BCUT2D eigenvalue weighted by Crippen LogP contribution is 2.19. The molecule has 1 unspecified atom stereocenters. The van der Waals surface area contributed by atoms with E-state index in [1.54, 1.807) is 11.8 Å². The van der Waals surface area contributed by atoms with E-state index in [1.807, 2.05) is 0 Å². The van der Waals surface area contributed by atoms with Crippen molar-refractivity contribution in [3.8, 4) is 0 Å². The summed E-state index contributed by atoms with van der Waals surface area (Å²) in [5.74, 6) is 0.744. The standard InChI is InChI=1S/C11H22N2OS/c1-11(2,15-3)8-13-10(14)6-9-4-5-12-7-9/h9,12H,4-8H2,1-3H3,(H,13,14). The Morgan fingerprint density at radius 3 is 2.87 bits per heavy atom. The van der Waals surface area contributed by atoms with Gasteiger partial charge in [0.05, 0.1) is 0 Å². The molecule has 3 nitrogen and oxygen atoms in total. The minimum atomic E-state index is 0.142. The Balaban J connectivity index is 2.18. The van der Waals surface area contributed by atoms with Crippen molar-refractivity contribution in [3.63, 3.8) is 0 Å². The molecule has 0 aromatic carbocycles. The number of rotatable bonds is 5. The fourth-order valence-corrected chi connectivity index (χ4v) is 1.82. The third-order valence-corrected chi connectivity index (χ3v) is 4.15. The minimum Gasteiger partial charge on any atom is -0.355 e. The number of nitrogens with one attached hydrogen (secondary N) is 2. The first kappa shape index (κ1) is 12.8. The molecule has 1 rings (SSSR count). The second kappa shape index (κ2) is 5.75. The Morgan fingerprint density at radius 1 is 1.60 bits per heavy atom. The van der Waals surface area contributed by atoms with Gasteiger partial charge < -0.3 is 10.6 Å². The lowest BCUT2D eigenvalue weighted by Gasteiger charge is -2.22. The van der Waals surface area contributed by atoms with Crippen molar-refractivity contribution in [2.45, 2.75) is 31.4 Å². The predicted octanol–water partition coefficient (Wildman–Crippen LogP) is 1.24. The van der Waals surface area contributed by atoms with Gasteiger partial charge in [0, 0.05) is 17.7 Å². The van der Waals surface area contributed by atoms with Crippen molar-refractivity contribution in [2.75, 3.05) is 25.9 Å². The van der Waals surface area contributed by atoms with Gasteiger partial charge in [-0.1, -0.05) is 0 Å². The van der Waals surface area contributed by atoms with Crippen LogP contribution in [-0.4, -0.2) is 36.5 Å². The molecular formula is C11H22N2OS. The lowest BCUT2D eigenvalue weighted by atomic mass is 10.0. The van der Waals surface area contributed by atoms with Gasteiger partial charge in [0.25, 0.3) is 0 Å². The van der Waals surface area contributed by atoms with Crippen LogP contribution in [0.2, 0.25) is 0 Å². The van der Waals surface area contributed by atoms with Crippen LogP contribution in [-0.2, 0) is 4.79 Å². The summed E-state index contributed by atoms with van der Waals surface area (Å²) in [6.07, 6.45) is 3.89. The largest absolute Gasteiger partial charge is 0.355 e. The molecule has 0 aromatic heterocycles. The third kappa shape index (κ3) is 4.89. The summed E-state index contributed by atoms with van der Waals surface area (Å²) in [4.78, 5) is 11.6. The second-order valence-corrected chi connectivity index (χ2v) is 6.32. The van der Waals surface area contributed by atoms with Crippen LogP contribution in [0.5, 0.6) is 0 Å². The average Bonchev–Trinajstić information content (AvgIpc) is 2.68. The predicted molar refractivity (Wildman–Crippen MR) is 66.2 cm³/mol. The molecule has 1 aliphatic heterocycles. The highest BCUT2D eigenvalue weighted by molar-refractivity contribution is 7.99. The van der Waals surface area contributed by atoms with Crippen molar-refractivity contribution in [1.82, 2.24) is 10.6 Å². The van der Waals surface area contributed by atoms with Gasteiger partial charge in [0.1, 0.15) is 0 Å². The van der Waals surface area contributed by atoms with Gasteiger partial charge in [0.15, 0.2) is 0 Å². The first-order valence-corrected chi connectivity index (χ1v) is 6.78. The minimum absolute atomic E-state index is 0.142. The van der Waals surface area contributed by atoms with Crippen molar-refractivity contribution in [2.24, 2.45) is 5.92 Å². The molecule has 0 radical (unpaired) electrons. The van der Waals surface area contributed by atoms with E-state index in [2.05, 4.69) is 30.7 Å². The molecular weight excluding hydrogens is 208 g/mol. The highest BCUT2D eigenvalue weighted by atomic mass is 32.2. The van der Waals surface area contributed by atoms with Crippen molar-refractivity contribution in [1.29, 1.82) is 0 Å². The molecule has 0 aromatic rings. The van der Waals surface area contributed by atoms with Crippen molar-refractivity contribution >= 4 is 17.7 Å². The number of carbonyl (C=O) groups excluding carboxylic acids is 1. The van der Waals surface area contributed by atoms with E-state index in [0.29, 0.717) is 12.3 Å². The number of amides is 1. The number of thioether (sulfide) groups is 1. The van der Waals surface area contributed by atoms with Gasteiger partial charge in [-0.3, -0.25) is 4.79 Å². The van der Waals surface area contributed by atoms with Crippen LogP contribution in [0, 0.1) is 5.92 Å². The fourth-order valence-electron chi connectivity index (χ4n) is 1.61. The van der Waals surface area contributed by atoms with E-state index in [4.69, 9.17) is 0 Å². The Labute approximate surface area is 96.8 Å². The maximum Gasteiger partial charge on any atom is 0.220 e. The Morgan fingerprint density at radius 2 is 2.33 bits per heavy atom. The zero-order chi connectivity index (χ0) is 11.3. The van der Waals surface area contributed by atoms with Gasteiger partial charge in [0.2, 0.25) is 5.91 Å². The van der Waals surface area contributed by atoms with Crippen LogP contribution >= 0.6 is 11.8 Å². The third-order valence-electron chi connectivity index (χ3n) is 2.90. The molecule has 0 saturated carbocycles. The van der Waals surface area contributed by atoms with Crippen LogP contribution in [0.15, 0.2) is 0 Å². The Hall–Kier alpha value is -0.220. The van der Waals surface area contributed by atoms with E-state index in [0.717, 1.165) is 26.1 Å². The molecule has 1 atom stereocenters. The Kier molecular flexibility index (Phi) is 4.93. The van der Waals surface area contributed by atoms with Gasteiger partial charge in [-0.25, -0.2) is 0 Å². The molecule has 1 aliphatic rings. The SMILES string of the molecule is CSC(C)(C)CNC(=O)CC1CCNC1. The zero-order valence-electron chi connectivity index (χ0n) is 9.93. The number of carbonyl (C=O) groups is 1. The normalized spacial score (nSPS) is 21.7. The maximum atomic E-state index is 11.6. The molecule has 1 amide bonds. The van der Waals surface area contributed by atoms with Gasteiger partial charge in [-0.15, -0.1) is 0 Å².